The number of carbonyl (C=O) groups excluding carboxylic acids is 2. The fraction of sp³-hybridized carbons (Fsp3) is 0.600. The Bertz CT molecular complexity index is 646. The third kappa shape index (κ3) is 3.42. The second kappa shape index (κ2) is 6.77. The summed E-state index contributed by atoms with van der Waals surface area (Å²) in [4.78, 5) is 29.1. The first-order chi connectivity index (χ1) is 12.1. The van der Waals surface area contributed by atoms with Crippen LogP contribution in [0.1, 0.15) is 43.6 Å². The van der Waals surface area contributed by atoms with Crippen molar-refractivity contribution < 1.29 is 14.0 Å². The molecule has 134 valence electrons. The summed E-state index contributed by atoms with van der Waals surface area (Å²) in [5.41, 5.74) is 1.05. The lowest BCUT2D eigenvalue weighted by Gasteiger charge is -2.33. The monoisotopic (exact) mass is 344 g/mol. The van der Waals surface area contributed by atoms with Crippen molar-refractivity contribution in [3.63, 3.8) is 0 Å². The number of hydrogen-bond acceptors (Lipinski definition) is 2. The number of likely N-dealkylation sites (tertiary alicyclic amines) is 2. The van der Waals surface area contributed by atoms with Gasteiger partial charge in [0, 0.05) is 38.0 Å². The van der Waals surface area contributed by atoms with E-state index in [0.29, 0.717) is 19.0 Å². The highest BCUT2D eigenvalue weighted by atomic mass is 19.1. The SMILES string of the molecule is O=C(C1CCN(C(=O)C2CC2c2ccc(F)cc2)CC1)N1CCCC1. The van der Waals surface area contributed by atoms with Crippen LogP contribution in [-0.4, -0.2) is 47.8 Å². The molecule has 2 amide bonds. The first-order valence-corrected chi connectivity index (χ1v) is 9.46. The summed E-state index contributed by atoms with van der Waals surface area (Å²) >= 11 is 0. The van der Waals surface area contributed by atoms with Crippen molar-refractivity contribution in [3.05, 3.63) is 35.6 Å². The van der Waals surface area contributed by atoms with Crippen molar-refractivity contribution in [2.75, 3.05) is 26.2 Å². The molecule has 2 atom stereocenters. The fourth-order valence-corrected chi connectivity index (χ4v) is 4.32. The van der Waals surface area contributed by atoms with Gasteiger partial charge in [0.15, 0.2) is 0 Å². The van der Waals surface area contributed by atoms with Gasteiger partial charge in [-0.25, -0.2) is 4.39 Å². The summed E-state index contributed by atoms with van der Waals surface area (Å²) in [6, 6.07) is 6.50. The van der Waals surface area contributed by atoms with Crippen LogP contribution in [0, 0.1) is 17.7 Å². The number of nitrogens with zero attached hydrogens (tertiary/aromatic N) is 2. The number of benzene rings is 1. The minimum Gasteiger partial charge on any atom is -0.342 e. The molecule has 3 fully saturated rings. The van der Waals surface area contributed by atoms with Crippen LogP contribution in [0.5, 0.6) is 0 Å². The third-order valence-electron chi connectivity index (χ3n) is 5.98. The average Bonchev–Trinajstić information content (AvgIpc) is 3.25. The van der Waals surface area contributed by atoms with Crippen LogP contribution in [0.25, 0.3) is 0 Å². The molecule has 2 unspecified atom stereocenters. The number of carbonyl (C=O) groups is 2. The maximum atomic E-state index is 13.0. The van der Waals surface area contributed by atoms with E-state index in [1.54, 1.807) is 12.1 Å². The second-order valence-electron chi connectivity index (χ2n) is 7.63. The average molecular weight is 344 g/mol. The number of halogens is 1. The van der Waals surface area contributed by atoms with Gasteiger partial charge in [-0.15, -0.1) is 0 Å². The predicted octanol–water partition coefficient (Wildman–Crippen LogP) is 2.79. The standard InChI is InChI=1S/C20H25FN2O2/c21-16-5-3-14(4-6-16)17-13-18(17)20(25)23-11-7-15(8-12-23)19(24)22-9-1-2-10-22/h3-6,15,17-18H,1-2,7-13H2. The maximum absolute atomic E-state index is 13.0. The molecule has 4 nitrogen and oxygen atoms in total. The van der Waals surface area contributed by atoms with Gasteiger partial charge in [0.25, 0.3) is 0 Å². The Morgan fingerprint density at radius 3 is 2.12 bits per heavy atom. The second-order valence-corrected chi connectivity index (χ2v) is 7.63. The largest absolute Gasteiger partial charge is 0.342 e. The zero-order valence-corrected chi connectivity index (χ0v) is 14.5. The number of hydrogen-bond donors (Lipinski definition) is 0. The van der Waals surface area contributed by atoms with Gasteiger partial charge in [0.2, 0.25) is 11.8 Å². The molecule has 4 rings (SSSR count). The van der Waals surface area contributed by atoms with Crippen LogP contribution < -0.4 is 0 Å². The Morgan fingerprint density at radius 1 is 0.880 bits per heavy atom. The minimum atomic E-state index is -0.239. The third-order valence-corrected chi connectivity index (χ3v) is 5.98. The molecule has 0 N–H and O–H groups in total. The van der Waals surface area contributed by atoms with Gasteiger partial charge in [-0.05, 0) is 55.7 Å². The highest BCUT2D eigenvalue weighted by molar-refractivity contribution is 5.84. The van der Waals surface area contributed by atoms with Gasteiger partial charge >= 0.3 is 0 Å². The lowest BCUT2D eigenvalue weighted by Crippen LogP contribution is -2.44. The van der Waals surface area contributed by atoms with Crippen LogP contribution >= 0.6 is 0 Å². The normalized spacial score (nSPS) is 26.8. The predicted molar refractivity (Wildman–Crippen MR) is 92.4 cm³/mol. The van der Waals surface area contributed by atoms with Crippen LogP contribution in [-0.2, 0) is 9.59 Å². The Morgan fingerprint density at radius 2 is 1.48 bits per heavy atom. The fourth-order valence-electron chi connectivity index (χ4n) is 4.32. The van der Waals surface area contributed by atoms with Gasteiger partial charge in [0.1, 0.15) is 5.82 Å². The Labute approximate surface area is 148 Å². The van der Waals surface area contributed by atoms with Crippen LogP contribution in [0.4, 0.5) is 4.39 Å². The molecule has 3 aliphatic rings. The van der Waals surface area contributed by atoms with E-state index in [-0.39, 0.29) is 29.5 Å². The summed E-state index contributed by atoms with van der Waals surface area (Å²) in [5, 5.41) is 0. The van der Waals surface area contributed by atoms with Crippen LogP contribution in [0.2, 0.25) is 0 Å². The van der Waals surface area contributed by atoms with Crippen molar-refractivity contribution in [2.45, 2.75) is 38.0 Å². The van der Waals surface area contributed by atoms with E-state index in [9.17, 15) is 14.0 Å². The molecule has 5 heteroatoms. The maximum Gasteiger partial charge on any atom is 0.226 e. The van der Waals surface area contributed by atoms with Crippen molar-refractivity contribution in [3.8, 4) is 0 Å². The Kier molecular flexibility index (Phi) is 4.48. The molecule has 1 aliphatic carbocycles. The molecule has 0 aromatic heterocycles. The smallest absolute Gasteiger partial charge is 0.226 e. The van der Waals surface area contributed by atoms with E-state index in [1.807, 2.05) is 9.80 Å². The Balaban J connectivity index is 1.29. The van der Waals surface area contributed by atoms with Crippen LogP contribution in [0.3, 0.4) is 0 Å². The Hall–Kier alpha value is -1.91. The topological polar surface area (TPSA) is 40.6 Å². The highest BCUT2D eigenvalue weighted by Gasteiger charge is 2.46. The molecule has 2 heterocycles. The lowest BCUT2D eigenvalue weighted by molar-refractivity contribution is -0.140. The molecule has 2 aliphatic heterocycles. The zero-order valence-electron chi connectivity index (χ0n) is 14.5. The summed E-state index contributed by atoms with van der Waals surface area (Å²) in [7, 11) is 0. The first-order valence-electron chi connectivity index (χ1n) is 9.46. The molecule has 25 heavy (non-hydrogen) atoms. The van der Waals surface area contributed by atoms with E-state index < -0.39 is 0 Å². The van der Waals surface area contributed by atoms with Gasteiger partial charge in [-0.3, -0.25) is 9.59 Å². The molecule has 2 saturated heterocycles. The first kappa shape index (κ1) is 16.6. The highest BCUT2D eigenvalue weighted by Crippen LogP contribution is 2.48. The number of amides is 2. The zero-order chi connectivity index (χ0) is 17.4. The summed E-state index contributed by atoms with van der Waals surface area (Å²) in [6.45, 7) is 3.18. The quantitative estimate of drug-likeness (QED) is 0.846. The van der Waals surface area contributed by atoms with E-state index in [1.165, 1.54) is 12.1 Å². The molecular formula is C20H25FN2O2. The molecule has 0 radical (unpaired) electrons. The molecule has 1 saturated carbocycles. The summed E-state index contributed by atoms with van der Waals surface area (Å²) < 4.78 is 13.0. The number of rotatable bonds is 3. The molecule has 1 aromatic rings. The number of piperidine rings is 1. The van der Waals surface area contributed by atoms with E-state index in [4.69, 9.17) is 0 Å². The van der Waals surface area contributed by atoms with E-state index >= 15 is 0 Å². The van der Waals surface area contributed by atoms with Gasteiger partial charge in [-0.1, -0.05) is 12.1 Å². The molecule has 0 bridgehead atoms. The molecule has 0 spiro atoms. The van der Waals surface area contributed by atoms with Gasteiger partial charge in [-0.2, -0.15) is 0 Å². The van der Waals surface area contributed by atoms with E-state index in [0.717, 1.165) is 50.8 Å². The van der Waals surface area contributed by atoms with Gasteiger partial charge < -0.3 is 9.80 Å². The molecule has 1 aromatic carbocycles. The lowest BCUT2D eigenvalue weighted by atomic mass is 9.95. The van der Waals surface area contributed by atoms with Crippen LogP contribution in [0.15, 0.2) is 24.3 Å². The van der Waals surface area contributed by atoms with Gasteiger partial charge in [0.05, 0.1) is 0 Å². The van der Waals surface area contributed by atoms with Crippen molar-refractivity contribution in [1.82, 2.24) is 9.80 Å². The summed E-state index contributed by atoms with van der Waals surface area (Å²) in [6.07, 6.45) is 4.67. The molecular weight excluding hydrogens is 319 g/mol. The summed E-state index contributed by atoms with van der Waals surface area (Å²) in [5.74, 6) is 0.626. The minimum absolute atomic E-state index is 0.0382. The van der Waals surface area contributed by atoms with E-state index in [2.05, 4.69) is 0 Å². The van der Waals surface area contributed by atoms with Crippen molar-refractivity contribution in [1.29, 1.82) is 0 Å². The van der Waals surface area contributed by atoms with Crippen molar-refractivity contribution in [2.24, 2.45) is 11.8 Å². The van der Waals surface area contributed by atoms with Crippen molar-refractivity contribution >= 4 is 11.8 Å².